The molecule has 0 heterocycles. The SMILES string of the molecule is CC(C)(C)c1ccc2c(c1)[CH]([Zr]([C]1=CC=CC1)=[C](c1cccc(C(F)(F)F)c1)c1cccc(C(F)(F)F)c1)c1cc(C(C)(C)C)ccc1-2.Cl.Cl. The summed E-state index contributed by atoms with van der Waals surface area (Å²) in [6.07, 6.45) is -2.52. The van der Waals surface area contributed by atoms with E-state index in [1.807, 2.05) is 12.2 Å². The number of allylic oxidation sites excluding steroid dienone is 4. The predicted octanol–water partition coefficient (Wildman–Crippen LogP) is 13.0. The Morgan fingerprint density at radius 2 is 1.02 bits per heavy atom. The molecule has 6 rings (SSSR count). The number of rotatable bonds is 4. The Bertz CT molecular complexity index is 1880. The van der Waals surface area contributed by atoms with Gasteiger partial charge in [0.1, 0.15) is 0 Å². The molecule has 0 saturated carbocycles. The van der Waals surface area contributed by atoms with E-state index in [0.29, 0.717) is 20.8 Å². The molecule has 50 heavy (non-hydrogen) atoms. The van der Waals surface area contributed by atoms with Crippen LogP contribution >= 0.6 is 24.8 Å². The van der Waals surface area contributed by atoms with Crippen molar-refractivity contribution in [3.63, 3.8) is 0 Å². The first-order chi connectivity index (χ1) is 22.3. The van der Waals surface area contributed by atoms with Crippen LogP contribution in [0.2, 0.25) is 0 Å². The number of fused-ring (bicyclic) bond motifs is 3. The molecule has 0 amide bonds. The molecule has 0 spiro atoms. The molecular weight excluding hydrogens is 769 g/mol. The van der Waals surface area contributed by atoms with Crippen LogP contribution in [0.4, 0.5) is 26.3 Å². The summed E-state index contributed by atoms with van der Waals surface area (Å²) in [6, 6.07) is 23.4. The topological polar surface area (TPSA) is 0 Å². The average Bonchev–Trinajstić information content (AvgIpc) is 3.64. The first-order valence-electron chi connectivity index (χ1n) is 16.1. The molecule has 0 atom stereocenters. The van der Waals surface area contributed by atoms with E-state index in [2.05, 4.69) is 84.0 Å². The van der Waals surface area contributed by atoms with Gasteiger partial charge in [-0.3, -0.25) is 0 Å². The maximum Gasteiger partial charge on any atom is -0.147 e. The minimum absolute atomic E-state index is 0. The van der Waals surface area contributed by atoms with Gasteiger partial charge in [0.05, 0.1) is 0 Å². The van der Waals surface area contributed by atoms with Crippen LogP contribution in [-0.4, -0.2) is 3.21 Å². The van der Waals surface area contributed by atoms with Gasteiger partial charge in [-0.2, -0.15) is 0 Å². The molecular formula is C41H40Cl2F6Zr. The molecule has 9 heteroatoms. The van der Waals surface area contributed by atoms with Crippen molar-refractivity contribution < 1.29 is 47.6 Å². The number of alkyl halides is 6. The Morgan fingerprint density at radius 1 is 0.580 bits per heavy atom. The number of hydrogen-bond acceptors (Lipinski definition) is 0. The minimum Gasteiger partial charge on any atom is -0.147 e. The molecule has 0 fully saturated rings. The van der Waals surface area contributed by atoms with Gasteiger partial charge in [-0.05, 0) is 0 Å². The van der Waals surface area contributed by atoms with E-state index in [4.69, 9.17) is 0 Å². The molecule has 264 valence electrons. The monoisotopic (exact) mass is 806 g/mol. The van der Waals surface area contributed by atoms with Crippen molar-refractivity contribution in [3.8, 4) is 11.1 Å². The molecule has 0 N–H and O–H groups in total. The maximum atomic E-state index is 14.2. The molecule has 0 nitrogen and oxygen atoms in total. The molecule has 2 aliphatic carbocycles. The van der Waals surface area contributed by atoms with Crippen molar-refractivity contribution in [1.82, 2.24) is 0 Å². The van der Waals surface area contributed by atoms with E-state index in [1.165, 1.54) is 12.1 Å². The van der Waals surface area contributed by atoms with Crippen LogP contribution in [0.3, 0.4) is 0 Å². The van der Waals surface area contributed by atoms with Gasteiger partial charge in [0.15, 0.2) is 0 Å². The molecule has 4 aromatic rings. The van der Waals surface area contributed by atoms with Crippen LogP contribution in [0.25, 0.3) is 11.1 Å². The summed E-state index contributed by atoms with van der Waals surface area (Å²) >= 11 is -3.58. The zero-order chi connectivity index (χ0) is 34.8. The van der Waals surface area contributed by atoms with Crippen molar-refractivity contribution in [2.24, 2.45) is 0 Å². The largest absolute Gasteiger partial charge is 0.147 e. The Morgan fingerprint density at radius 3 is 1.38 bits per heavy atom. The van der Waals surface area contributed by atoms with Crippen LogP contribution in [0.1, 0.15) is 96.1 Å². The van der Waals surface area contributed by atoms with Crippen LogP contribution in [-0.2, 0) is 44.4 Å². The molecule has 0 unspecified atom stereocenters. The molecule has 0 saturated heterocycles. The van der Waals surface area contributed by atoms with Gasteiger partial charge in [0.25, 0.3) is 0 Å². The van der Waals surface area contributed by atoms with Crippen molar-refractivity contribution in [1.29, 1.82) is 0 Å². The second-order valence-electron chi connectivity index (χ2n) is 14.8. The summed E-state index contributed by atoms with van der Waals surface area (Å²) in [5, 5.41) is 0. The van der Waals surface area contributed by atoms with Crippen LogP contribution in [0.5, 0.6) is 0 Å². The second kappa shape index (κ2) is 14.4. The Kier molecular flexibility index (Phi) is 11.5. The summed E-state index contributed by atoms with van der Waals surface area (Å²) in [5.41, 5.74) is 5.36. The summed E-state index contributed by atoms with van der Waals surface area (Å²) in [5.74, 6) is 0. The number of halogens is 8. The van der Waals surface area contributed by atoms with E-state index < -0.39 is 44.7 Å². The normalized spacial score (nSPS) is 14.4. The molecule has 0 aromatic heterocycles. The van der Waals surface area contributed by atoms with Gasteiger partial charge in [-0.15, -0.1) is 24.8 Å². The van der Waals surface area contributed by atoms with Crippen molar-refractivity contribution in [3.05, 3.63) is 151 Å². The first kappa shape index (κ1) is 40.0. The third kappa shape index (κ3) is 7.86. The van der Waals surface area contributed by atoms with E-state index >= 15 is 0 Å². The molecule has 0 aliphatic heterocycles. The first-order valence-corrected chi connectivity index (χ1v) is 20.0. The third-order valence-corrected chi connectivity index (χ3v) is 17.7. The van der Waals surface area contributed by atoms with E-state index in [0.717, 1.165) is 60.9 Å². The van der Waals surface area contributed by atoms with Crippen LogP contribution < -0.4 is 0 Å². The van der Waals surface area contributed by atoms with Gasteiger partial charge in [-0.1, -0.05) is 0 Å². The van der Waals surface area contributed by atoms with Gasteiger partial charge in [0.2, 0.25) is 0 Å². The standard InChI is InChI=1S/C21H25.C15H8F6.C5H5.2ClH.Zr/c1-20(2,3)16-7-9-18-14(12-16)11-15-13-17(21(4,5)6)8-10-19(15)18;16-14(17,18)12-5-1-3-10(8-12)7-11-4-2-6-13(9-11)15(19,20)21;1-2-4-5-3-1;;;/h7-13H,1-6H3;1-6,8-9H;1-3H,4H2;2*1H;. The Hall–Kier alpha value is -2.73. The molecule has 0 radical (unpaired) electrons. The van der Waals surface area contributed by atoms with Gasteiger partial charge in [-0.25, -0.2) is 0 Å². The average molecular weight is 809 g/mol. The Labute approximate surface area is 310 Å². The summed E-state index contributed by atoms with van der Waals surface area (Å²) in [7, 11) is 0. The summed E-state index contributed by atoms with van der Waals surface area (Å²) in [6.45, 7) is 12.9. The number of hydrogen-bond donors (Lipinski definition) is 0. The maximum absolute atomic E-state index is 14.2. The fourth-order valence-electron chi connectivity index (χ4n) is 6.82. The quantitative estimate of drug-likeness (QED) is 0.180. The molecule has 4 aromatic carbocycles. The fraction of sp³-hybridized carbons (Fsp3) is 0.293. The summed E-state index contributed by atoms with van der Waals surface area (Å²) < 4.78 is 86.8. The van der Waals surface area contributed by atoms with Gasteiger partial charge >= 0.3 is 288 Å². The fourth-order valence-corrected chi connectivity index (χ4v) is 15.7. The van der Waals surface area contributed by atoms with Gasteiger partial charge < -0.3 is 0 Å². The van der Waals surface area contributed by atoms with E-state index in [1.54, 1.807) is 12.1 Å². The van der Waals surface area contributed by atoms with Gasteiger partial charge in [0, 0.05) is 0 Å². The Balaban J connectivity index is 0.00000281. The zero-order valence-electron chi connectivity index (χ0n) is 28.7. The smallest absolute Gasteiger partial charge is 0.147 e. The van der Waals surface area contributed by atoms with Crippen LogP contribution in [0, 0.1) is 0 Å². The predicted molar refractivity (Wildman–Crippen MR) is 194 cm³/mol. The van der Waals surface area contributed by atoms with Crippen molar-refractivity contribution >= 4 is 28.0 Å². The second-order valence-corrected chi connectivity index (χ2v) is 21.1. The number of benzene rings is 4. The zero-order valence-corrected chi connectivity index (χ0v) is 32.8. The molecule has 2 aliphatic rings. The third-order valence-electron chi connectivity index (χ3n) is 9.38. The minimum atomic E-state index is -4.61. The van der Waals surface area contributed by atoms with Crippen LogP contribution in [0.15, 0.2) is 106 Å². The molecule has 0 bridgehead atoms. The van der Waals surface area contributed by atoms with E-state index in [9.17, 15) is 26.3 Å². The van der Waals surface area contributed by atoms with E-state index in [-0.39, 0.29) is 39.3 Å². The van der Waals surface area contributed by atoms with Crippen molar-refractivity contribution in [2.45, 2.75) is 74.8 Å². The van der Waals surface area contributed by atoms with Crippen molar-refractivity contribution in [2.75, 3.05) is 0 Å². The summed E-state index contributed by atoms with van der Waals surface area (Å²) in [4.78, 5) is 0.